The maximum absolute atomic E-state index is 13.4. The van der Waals surface area contributed by atoms with Crippen molar-refractivity contribution in [1.29, 1.82) is 0 Å². The molecule has 1 fully saturated rings. The molecule has 37 heavy (non-hydrogen) atoms. The van der Waals surface area contributed by atoms with Gasteiger partial charge in [-0.15, -0.1) is 0 Å². The molecule has 0 radical (unpaired) electrons. The summed E-state index contributed by atoms with van der Waals surface area (Å²) in [6, 6.07) is 16.2. The van der Waals surface area contributed by atoms with E-state index in [0.29, 0.717) is 43.2 Å². The van der Waals surface area contributed by atoms with E-state index < -0.39 is 17.6 Å². The summed E-state index contributed by atoms with van der Waals surface area (Å²) in [5, 5.41) is 2.62. The van der Waals surface area contributed by atoms with E-state index in [4.69, 9.17) is 9.47 Å². The molecular formula is C27H26F3N3O4. The summed E-state index contributed by atoms with van der Waals surface area (Å²) in [6.45, 7) is 1.43. The maximum Gasteiger partial charge on any atom is 0.416 e. The van der Waals surface area contributed by atoms with Crippen molar-refractivity contribution in [2.24, 2.45) is 0 Å². The van der Waals surface area contributed by atoms with Crippen LogP contribution in [0.15, 0.2) is 66.7 Å². The first kappa shape index (κ1) is 25.9. The second-order valence-corrected chi connectivity index (χ2v) is 8.48. The van der Waals surface area contributed by atoms with E-state index in [2.05, 4.69) is 5.32 Å². The highest BCUT2D eigenvalue weighted by atomic mass is 19.4. The molecule has 0 spiro atoms. The van der Waals surface area contributed by atoms with E-state index in [1.165, 1.54) is 19.2 Å². The highest BCUT2D eigenvalue weighted by Crippen LogP contribution is 2.34. The maximum atomic E-state index is 13.4. The number of nitrogens with zero attached hydrogens (tertiary/aromatic N) is 2. The molecule has 0 aromatic heterocycles. The van der Waals surface area contributed by atoms with Crippen LogP contribution in [0.2, 0.25) is 0 Å². The van der Waals surface area contributed by atoms with Crippen LogP contribution in [-0.4, -0.2) is 44.1 Å². The number of hydrogen-bond donors (Lipinski definition) is 1. The normalized spacial score (nSPS) is 13.9. The van der Waals surface area contributed by atoms with Gasteiger partial charge in [0.2, 0.25) is 0 Å². The van der Waals surface area contributed by atoms with Gasteiger partial charge in [0.1, 0.15) is 11.5 Å². The number of ether oxygens (including phenoxy) is 2. The molecule has 10 heteroatoms. The molecule has 0 atom stereocenters. The molecule has 4 rings (SSSR count). The first-order chi connectivity index (χ1) is 17.7. The third-order valence-corrected chi connectivity index (χ3v) is 6.02. The lowest BCUT2D eigenvalue weighted by Crippen LogP contribution is -2.49. The van der Waals surface area contributed by atoms with Crippen LogP contribution >= 0.6 is 0 Å². The van der Waals surface area contributed by atoms with Crippen LogP contribution in [0.5, 0.6) is 11.5 Å². The van der Waals surface area contributed by atoms with E-state index in [1.54, 1.807) is 35.1 Å². The number of rotatable bonds is 7. The number of anilines is 2. The summed E-state index contributed by atoms with van der Waals surface area (Å²) in [4.78, 5) is 29.4. The van der Waals surface area contributed by atoms with E-state index in [1.807, 2.05) is 24.3 Å². The number of alkyl halides is 3. The quantitative estimate of drug-likeness (QED) is 0.433. The van der Waals surface area contributed by atoms with Crippen molar-refractivity contribution < 1.29 is 32.2 Å². The highest BCUT2D eigenvalue weighted by Gasteiger charge is 2.31. The Kier molecular flexibility index (Phi) is 7.56. The summed E-state index contributed by atoms with van der Waals surface area (Å²) in [5.74, 6) is 0.453. The van der Waals surface area contributed by atoms with Crippen molar-refractivity contribution in [3.63, 3.8) is 0 Å². The van der Waals surface area contributed by atoms with Crippen molar-refractivity contribution in [1.82, 2.24) is 4.90 Å². The van der Waals surface area contributed by atoms with Crippen molar-refractivity contribution in [2.45, 2.75) is 19.1 Å². The molecule has 3 aromatic carbocycles. The Bertz CT molecular complexity index is 1280. The Balaban J connectivity index is 1.54. The van der Waals surface area contributed by atoms with Crippen LogP contribution in [0.25, 0.3) is 0 Å². The van der Waals surface area contributed by atoms with E-state index in [9.17, 15) is 22.8 Å². The summed E-state index contributed by atoms with van der Waals surface area (Å²) in [5.41, 5.74) is 0.676. The largest absolute Gasteiger partial charge is 0.497 e. The van der Waals surface area contributed by atoms with Gasteiger partial charge in [-0.25, -0.2) is 4.79 Å². The van der Waals surface area contributed by atoms with Gasteiger partial charge in [-0.1, -0.05) is 18.2 Å². The molecule has 3 amide bonds. The fourth-order valence-corrected chi connectivity index (χ4v) is 4.12. The number of halogens is 3. The topological polar surface area (TPSA) is 71.1 Å². The summed E-state index contributed by atoms with van der Waals surface area (Å²) >= 11 is 0. The van der Waals surface area contributed by atoms with Gasteiger partial charge < -0.3 is 19.7 Å². The fourth-order valence-electron chi connectivity index (χ4n) is 4.12. The number of nitrogens with one attached hydrogen (secondary N) is 1. The van der Waals surface area contributed by atoms with E-state index in [0.717, 1.165) is 23.4 Å². The zero-order valence-electron chi connectivity index (χ0n) is 20.3. The van der Waals surface area contributed by atoms with Gasteiger partial charge in [-0.05, 0) is 60.5 Å². The third-order valence-electron chi connectivity index (χ3n) is 6.02. The Morgan fingerprint density at radius 1 is 0.973 bits per heavy atom. The van der Waals surface area contributed by atoms with Crippen LogP contribution < -0.4 is 19.7 Å². The molecule has 0 bridgehead atoms. The summed E-state index contributed by atoms with van der Waals surface area (Å²) < 4.78 is 49.8. The lowest BCUT2D eigenvalue weighted by molar-refractivity contribution is -0.137. The Hall–Kier alpha value is -4.21. The highest BCUT2D eigenvalue weighted by molar-refractivity contribution is 6.05. The SMILES string of the molecule is COc1ccc(CN2CCCN(c3cc(NC(=O)c4cccc(C(F)(F)F)c4)ccc3OC)C2=O)cc1. The van der Waals surface area contributed by atoms with Gasteiger partial charge in [0.25, 0.3) is 5.91 Å². The van der Waals surface area contributed by atoms with Crippen molar-refractivity contribution in [3.8, 4) is 11.5 Å². The van der Waals surface area contributed by atoms with Gasteiger partial charge in [0.05, 0.1) is 25.5 Å². The Labute approximate surface area is 212 Å². The first-order valence-electron chi connectivity index (χ1n) is 11.6. The smallest absolute Gasteiger partial charge is 0.416 e. The van der Waals surface area contributed by atoms with Gasteiger partial charge >= 0.3 is 12.2 Å². The average Bonchev–Trinajstić information content (AvgIpc) is 2.90. The fraction of sp³-hybridized carbons (Fsp3) is 0.259. The molecule has 1 heterocycles. The summed E-state index contributed by atoms with van der Waals surface area (Å²) in [7, 11) is 3.06. The van der Waals surface area contributed by atoms with Crippen LogP contribution in [0.3, 0.4) is 0 Å². The van der Waals surface area contributed by atoms with Crippen molar-refractivity contribution in [2.75, 3.05) is 37.5 Å². The van der Waals surface area contributed by atoms with Crippen LogP contribution in [0.4, 0.5) is 29.3 Å². The number of carbonyl (C=O) groups is 2. The second kappa shape index (κ2) is 10.8. The monoisotopic (exact) mass is 513 g/mol. The lowest BCUT2D eigenvalue weighted by atomic mass is 10.1. The second-order valence-electron chi connectivity index (χ2n) is 8.48. The third kappa shape index (κ3) is 5.96. The molecule has 3 aromatic rings. The molecule has 0 unspecified atom stereocenters. The van der Waals surface area contributed by atoms with E-state index >= 15 is 0 Å². The van der Waals surface area contributed by atoms with Crippen LogP contribution in [0, 0.1) is 0 Å². The zero-order chi connectivity index (χ0) is 26.6. The van der Waals surface area contributed by atoms with Gasteiger partial charge in [0, 0.05) is 30.9 Å². The summed E-state index contributed by atoms with van der Waals surface area (Å²) in [6.07, 6.45) is -3.85. The van der Waals surface area contributed by atoms with Crippen LogP contribution in [0.1, 0.15) is 27.9 Å². The van der Waals surface area contributed by atoms with Gasteiger partial charge in [-0.3, -0.25) is 9.69 Å². The number of urea groups is 1. The van der Waals surface area contributed by atoms with E-state index in [-0.39, 0.29) is 11.6 Å². The number of benzene rings is 3. The van der Waals surface area contributed by atoms with Crippen molar-refractivity contribution >= 4 is 23.3 Å². The number of carbonyl (C=O) groups excluding carboxylic acids is 2. The minimum Gasteiger partial charge on any atom is -0.497 e. The predicted octanol–water partition coefficient (Wildman–Crippen LogP) is 5.81. The molecule has 1 N–H and O–H groups in total. The molecule has 194 valence electrons. The zero-order valence-corrected chi connectivity index (χ0v) is 20.3. The minimum atomic E-state index is -4.56. The van der Waals surface area contributed by atoms with Crippen molar-refractivity contribution in [3.05, 3.63) is 83.4 Å². The number of amides is 3. The van der Waals surface area contributed by atoms with Crippen LogP contribution in [-0.2, 0) is 12.7 Å². The predicted molar refractivity (Wildman–Crippen MR) is 133 cm³/mol. The Morgan fingerprint density at radius 3 is 2.41 bits per heavy atom. The standard InChI is InChI=1S/C27H26F3N3O4/c1-36-22-10-7-18(8-11-22)17-32-13-4-14-33(26(32)35)23-16-21(9-12-24(23)37-2)31-25(34)19-5-3-6-20(15-19)27(28,29)30/h3,5-12,15-16H,4,13-14,17H2,1-2H3,(H,31,34). The minimum absolute atomic E-state index is 0.132. The molecule has 7 nitrogen and oxygen atoms in total. The molecule has 1 saturated heterocycles. The first-order valence-corrected chi connectivity index (χ1v) is 11.6. The molecule has 0 saturated carbocycles. The Morgan fingerprint density at radius 2 is 1.73 bits per heavy atom. The molecular weight excluding hydrogens is 487 g/mol. The average molecular weight is 514 g/mol. The lowest BCUT2D eigenvalue weighted by Gasteiger charge is -2.36. The number of methoxy groups -OCH3 is 2. The number of hydrogen-bond acceptors (Lipinski definition) is 4. The molecule has 1 aliphatic heterocycles. The molecule has 1 aliphatic rings. The van der Waals surface area contributed by atoms with Gasteiger partial charge in [0.15, 0.2) is 0 Å². The van der Waals surface area contributed by atoms with Gasteiger partial charge in [-0.2, -0.15) is 13.2 Å². The molecule has 0 aliphatic carbocycles.